The average Bonchev–Trinajstić information content (AvgIpc) is 2.83. The largest absolute Gasteiger partial charge is 0.478 e. The van der Waals surface area contributed by atoms with Crippen LogP contribution in [0.4, 0.5) is 15.3 Å². The quantitative estimate of drug-likeness (QED) is 0.260. The lowest BCUT2D eigenvalue weighted by atomic mass is 10.1. The van der Waals surface area contributed by atoms with Crippen LogP contribution in [-0.2, 0) is 25.7 Å². The van der Waals surface area contributed by atoms with Crippen molar-refractivity contribution in [3.8, 4) is 0 Å². The molecule has 0 radical (unpaired) electrons. The summed E-state index contributed by atoms with van der Waals surface area (Å²) in [6.07, 6.45) is 1.51. The van der Waals surface area contributed by atoms with Gasteiger partial charge in [0.05, 0.1) is 0 Å². The van der Waals surface area contributed by atoms with Gasteiger partial charge in [0.25, 0.3) is 0 Å². The van der Waals surface area contributed by atoms with Crippen molar-refractivity contribution in [2.45, 2.75) is 51.9 Å². The molecule has 4 N–H and O–H groups in total. The molecule has 198 valence electrons. The Hall–Kier alpha value is -4.34. The maximum Gasteiger partial charge on any atom is 0.408 e. The first-order chi connectivity index (χ1) is 17.5. The molecule has 0 fully saturated rings. The number of amides is 3. The molecule has 10 heteroatoms. The molecule has 3 amide bonds. The lowest BCUT2D eigenvalue weighted by molar-refractivity contribution is -0.131. The van der Waals surface area contributed by atoms with Crippen LogP contribution in [0, 0.1) is 0 Å². The summed E-state index contributed by atoms with van der Waals surface area (Å²) in [7, 11) is 0. The number of hydrogen-bond acceptors (Lipinski definition) is 6. The van der Waals surface area contributed by atoms with E-state index in [1.165, 1.54) is 6.08 Å². The number of carboxylic acid groups (broad SMARTS) is 1. The Morgan fingerprint density at radius 3 is 2.32 bits per heavy atom. The van der Waals surface area contributed by atoms with Gasteiger partial charge in [-0.2, -0.15) is 0 Å². The van der Waals surface area contributed by atoms with E-state index < -0.39 is 35.7 Å². The van der Waals surface area contributed by atoms with Crippen LogP contribution in [0.1, 0.15) is 44.7 Å². The van der Waals surface area contributed by atoms with Gasteiger partial charge in [0, 0.05) is 18.3 Å². The van der Waals surface area contributed by atoms with E-state index in [2.05, 4.69) is 16.0 Å². The Morgan fingerprint density at radius 2 is 1.65 bits per heavy atom. The summed E-state index contributed by atoms with van der Waals surface area (Å²) >= 11 is 0. The summed E-state index contributed by atoms with van der Waals surface area (Å²) in [5.41, 5.74) is 0.957. The van der Waals surface area contributed by atoms with E-state index in [1.807, 2.05) is 30.3 Å². The van der Waals surface area contributed by atoms with Gasteiger partial charge in [0.1, 0.15) is 18.2 Å². The zero-order valence-electron chi connectivity index (χ0n) is 21.2. The summed E-state index contributed by atoms with van der Waals surface area (Å²) < 4.78 is 10.4. The number of carbonyl (C=O) groups excluding carboxylic acids is 3. The molecule has 2 aromatic carbocycles. The molecule has 10 nitrogen and oxygen atoms in total. The lowest BCUT2D eigenvalue weighted by Crippen LogP contribution is -2.46. The second kappa shape index (κ2) is 14.3. The van der Waals surface area contributed by atoms with Crippen LogP contribution in [0.2, 0.25) is 0 Å². The van der Waals surface area contributed by atoms with Crippen molar-refractivity contribution in [3.05, 3.63) is 71.8 Å². The highest BCUT2D eigenvalue weighted by atomic mass is 16.6. The summed E-state index contributed by atoms with van der Waals surface area (Å²) in [5.74, 6) is -1.64. The van der Waals surface area contributed by atoms with Crippen LogP contribution < -0.4 is 16.0 Å². The van der Waals surface area contributed by atoms with Crippen molar-refractivity contribution in [2.24, 2.45) is 0 Å². The van der Waals surface area contributed by atoms with Gasteiger partial charge in [-0.3, -0.25) is 4.79 Å². The number of rotatable bonds is 11. The first kappa shape index (κ1) is 28.9. The van der Waals surface area contributed by atoms with Gasteiger partial charge in [-0.1, -0.05) is 48.5 Å². The molecule has 0 aromatic heterocycles. The number of ether oxygens (including phenoxy) is 2. The van der Waals surface area contributed by atoms with Crippen molar-refractivity contribution in [1.82, 2.24) is 10.6 Å². The van der Waals surface area contributed by atoms with E-state index >= 15 is 0 Å². The van der Waals surface area contributed by atoms with Crippen LogP contribution in [-0.4, -0.2) is 47.4 Å². The van der Waals surface area contributed by atoms with Gasteiger partial charge in [0.15, 0.2) is 0 Å². The number of alkyl carbamates (subject to hydrolysis) is 2. The Morgan fingerprint density at radius 1 is 0.973 bits per heavy atom. The Bertz CT molecular complexity index is 1090. The first-order valence-electron chi connectivity index (χ1n) is 11.8. The van der Waals surface area contributed by atoms with Gasteiger partial charge in [-0.15, -0.1) is 0 Å². The predicted molar refractivity (Wildman–Crippen MR) is 139 cm³/mol. The Balaban J connectivity index is 1.97. The topological polar surface area (TPSA) is 143 Å². The van der Waals surface area contributed by atoms with Crippen LogP contribution in [0.15, 0.2) is 60.7 Å². The molecule has 0 aliphatic carbocycles. The minimum Gasteiger partial charge on any atom is -0.478 e. The summed E-state index contributed by atoms with van der Waals surface area (Å²) in [5, 5.41) is 16.8. The lowest BCUT2D eigenvalue weighted by Gasteiger charge is -2.23. The third kappa shape index (κ3) is 11.8. The monoisotopic (exact) mass is 511 g/mol. The molecule has 0 aliphatic heterocycles. The molecular weight excluding hydrogens is 478 g/mol. The maximum absolute atomic E-state index is 13.1. The second-order valence-corrected chi connectivity index (χ2v) is 9.08. The van der Waals surface area contributed by atoms with E-state index in [0.29, 0.717) is 17.7 Å². The number of carbonyl (C=O) groups is 4. The highest BCUT2D eigenvalue weighted by Crippen LogP contribution is 2.18. The molecule has 0 heterocycles. The molecule has 0 unspecified atom stereocenters. The van der Waals surface area contributed by atoms with Crippen molar-refractivity contribution < 1.29 is 33.8 Å². The fourth-order valence-corrected chi connectivity index (χ4v) is 3.13. The molecule has 2 rings (SSSR count). The van der Waals surface area contributed by atoms with Gasteiger partial charge < -0.3 is 30.5 Å². The standard InChI is InChI=1S/C27H33N3O7/c1-27(2,3)37-26(35)30-22(14-9-17-28-25(34)36-18-19-10-5-4-6-11-19)24(33)29-21-13-8-7-12-20(21)15-16-23(31)32/h4-8,10-13,15-16,22H,9,14,17-18H2,1-3H3,(H,28,34)(H,29,33)(H,30,35)(H,31,32)/t22-/m0/s1. The fourth-order valence-electron chi connectivity index (χ4n) is 3.13. The van der Waals surface area contributed by atoms with E-state index in [1.54, 1.807) is 45.0 Å². The van der Waals surface area contributed by atoms with Gasteiger partial charge >= 0.3 is 18.2 Å². The third-order valence-electron chi connectivity index (χ3n) is 4.78. The molecule has 0 saturated carbocycles. The maximum atomic E-state index is 13.1. The Kier molecular flexibility index (Phi) is 11.1. The molecular formula is C27H33N3O7. The fraction of sp³-hybridized carbons (Fsp3) is 0.333. The Labute approximate surface area is 216 Å². The number of aliphatic carboxylic acids is 1. The van der Waals surface area contributed by atoms with Gasteiger partial charge in [-0.05, 0) is 56.9 Å². The van der Waals surface area contributed by atoms with E-state index in [-0.39, 0.29) is 19.6 Å². The number of anilines is 1. The normalized spacial score (nSPS) is 11.9. The summed E-state index contributed by atoms with van der Waals surface area (Å²) in [6, 6.07) is 14.9. The van der Waals surface area contributed by atoms with Crippen molar-refractivity contribution in [1.29, 1.82) is 0 Å². The second-order valence-electron chi connectivity index (χ2n) is 9.08. The number of benzene rings is 2. The van der Waals surface area contributed by atoms with Crippen LogP contribution in [0.5, 0.6) is 0 Å². The molecule has 1 atom stereocenters. The molecule has 2 aromatic rings. The van der Waals surface area contributed by atoms with Crippen molar-refractivity contribution in [2.75, 3.05) is 11.9 Å². The van der Waals surface area contributed by atoms with E-state index in [4.69, 9.17) is 14.6 Å². The number of para-hydroxylation sites is 1. The number of carboxylic acids is 1. The highest BCUT2D eigenvalue weighted by molar-refractivity contribution is 5.98. The minimum atomic E-state index is -1.12. The van der Waals surface area contributed by atoms with Crippen LogP contribution in [0.3, 0.4) is 0 Å². The van der Waals surface area contributed by atoms with Crippen LogP contribution >= 0.6 is 0 Å². The predicted octanol–water partition coefficient (Wildman–Crippen LogP) is 4.32. The number of hydrogen-bond donors (Lipinski definition) is 4. The van der Waals surface area contributed by atoms with Gasteiger partial charge in [-0.25, -0.2) is 14.4 Å². The smallest absolute Gasteiger partial charge is 0.408 e. The number of nitrogens with one attached hydrogen (secondary N) is 3. The zero-order valence-corrected chi connectivity index (χ0v) is 21.2. The average molecular weight is 512 g/mol. The summed E-state index contributed by atoms with van der Waals surface area (Å²) in [6.45, 7) is 5.46. The molecule has 0 aliphatic rings. The highest BCUT2D eigenvalue weighted by Gasteiger charge is 2.24. The third-order valence-corrected chi connectivity index (χ3v) is 4.78. The van der Waals surface area contributed by atoms with Gasteiger partial charge in [0.2, 0.25) is 5.91 Å². The molecule has 0 bridgehead atoms. The molecule has 0 saturated heterocycles. The summed E-state index contributed by atoms with van der Waals surface area (Å²) in [4.78, 5) is 48.3. The molecule has 37 heavy (non-hydrogen) atoms. The van der Waals surface area contributed by atoms with Crippen molar-refractivity contribution >= 4 is 35.8 Å². The minimum absolute atomic E-state index is 0.133. The van der Waals surface area contributed by atoms with Crippen LogP contribution in [0.25, 0.3) is 6.08 Å². The van der Waals surface area contributed by atoms with Crippen molar-refractivity contribution in [3.63, 3.8) is 0 Å². The molecule has 0 spiro atoms. The van der Waals surface area contributed by atoms with E-state index in [0.717, 1.165) is 11.6 Å². The SMILES string of the molecule is CC(C)(C)OC(=O)N[C@@H](CCCNC(=O)OCc1ccccc1)C(=O)Nc1ccccc1C=CC(=O)O. The zero-order chi connectivity index (χ0) is 27.3. The van der Waals surface area contributed by atoms with E-state index in [9.17, 15) is 19.2 Å². The first-order valence-corrected chi connectivity index (χ1v) is 11.8.